The van der Waals surface area contributed by atoms with Crippen molar-refractivity contribution >= 4 is 44.3 Å². The molecule has 0 atom stereocenters. The quantitative estimate of drug-likeness (QED) is 0.263. The van der Waals surface area contributed by atoms with Gasteiger partial charge in [-0.3, -0.25) is 0 Å². The summed E-state index contributed by atoms with van der Waals surface area (Å²) in [6.45, 7) is 0. The number of non-ortho nitro benzene ring substituents is 1. The Labute approximate surface area is 103 Å². The molecule has 0 saturated carbocycles. The molecular weight excluding hydrogens is 236 g/mol. The van der Waals surface area contributed by atoms with Crippen LogP contribution in [0.1, 0.15) is 0 Å². The number of rotatable bonds is 1. The third-order valence-corrected chi connectivity index (χ3v) is 1.91. The second-order valence-corrected chi connectivity index (χ2v) is 4.79. The molecule has 0 fully saturated rings. The summed E-state index contributed by atoms with van der Waals surface area (Å²) in [5, 5.41) is 10.1. The fraction of sp³-hybridized carbons (Fsp3) is 0. The Kier molecular flexibility index (Phi) is 6.23. The average Bonchev–Trinajstić information content (AvgIpc) is 2.01. The number of hydrogen-bond donors (Lipinski definition) is 3. The van der Waals surface area contributed by atoms with E-state index < -0.39 is 7.82 Å². The SMILES string of the molecule is O=P(O)(O)O.O=[N+]([O-])c1cc[c]([Na])cc1. The van der Waals surface area contributed by atoms with Crippen molar-refractivity contribution in [2.75, 3.05) is 0 Å². The van der Waals surface area contributed by atoms with Crippen molar-refractivity contribution in [3.8, 4) is 0 Å². The Morgan fingerprint density at radius 2 is 1.53 bits per heavy atom. The summed E-state index contributed by atoms with van der Waals surface area (Å²) >= 11 is 0.945. The number of nitro groups is 1. The Balaban J connectivity index is 0.000000336. The molecule has 0 aliphatic carbocycles. The van der Waals surface area contributed by atoms with E-state index in [-0.39, 0.29) is 10.6 Å². The molecule has 0 aliphatic heterocycles. The van der Waals surface area contributed by atoms with Gasteiger partial charge in [0.1, 0.15) is 0 Å². The minimum atomic E-state index is -4.64. The fourth-order valence-corrected chi connectivity index (χ4v) is 1.000. The van der Waals surface area contributed by atoms with Gasteiger partial charge in [-0.25, -0.2) is 4.57 Å². The van der Waals surface area contributed by atoms with E-state index in [1.165, 1.54) is 14.9 Å². The molecule has 9 heteroatoms. The first-order valence-electron chi connectivity index (χ1n) is 3.69. The Morgan fingerprint density at radius 3 is 1.80 bits per heavy atom. The van der Waals surface area contributed by atoms with Gasteiger partial charge in [0.15, 0.2) is 0 Å². The Hall–Kier alpha value is -0.270. The number of phosphoric acid groups is 1. The van der Waals surface area contributed by atoms with Gasteiger partial charge in [-0.2, -0.15) is 0 Å². The molecule has 0 radical (unpaired) electrons. The molecule has 1 aromatic rings. The first kappa shape index (κ1) is 14.7. The van der Waals surface area contributed by atoms with Crippen LogP contribution in [-0.2, 0) is 4.57 Å². The van der Waals surface area contributed by atoms with Gasteiger partial charge in [0, 0.05) is 0 Å². The Bertz CT molecular complexity index is 365. The Morgan fingerprint density at radius 1 is 1.20 bits per heavy atom. The molecule has 0 spiro atoms. The third kappa shape index (κ3) is 10.0. The maximum atomic E-state index is 10.1. The van der Waals surface area contributed by atoms with Crippen LogP contribution in [0.4, 0.5) is 5.69 Å². The average molecular weight is 243 g/mol. The van der Waals surface area contributed by atoms with Crippen LogP contribution in [0.5, 0.6) is 0 Å². The summed E-state index contributed by atoms with van der Waals surface area (Å²) in [5.74, 6) is 0. The normalized spacial score (nSPS) is 10.2. The van der Waals surface area contributed by atoms with Crippen LogP contribution in [0.3, 0.4) is 0 Å². The van der Waals surface area contributed by atoms with Crippen LogP contribution in [0.2, 0.25) is 0 Å². The van der Waals surface area contributed by atoms with Crippen molar-refractivity contribution in [3.63, 3.8) is 0 Å². The summed E-state index contributed by atoms with van der Waals surface area (Å²) in [5.41, 5.74) is 0.166. The van der Waals surface area contributed by atoms with E-state index in [9.17, 15) is 10.1 Å². The molecule has 0 aliphatic rings. The molecule has 7 nitrogen and oxygen atoms in total. The van der Waals surface area contributed by atoms with Gasteiger partial charge in [0.05, 0.1) is 0 Å². The molecule has 1 rings (SSSR count). The zero-order chi connectivity index (χ0) is 12.1. The number of nitro benzene ring substituents is 1. The first-order chi connectivity index (χ1) is 6.70. The summed E-state index contributed by atoms with van der Waals surface area (Å²) in [6, 6.07) is 6.62. The number of nitrogens with zero attached hydrogens (tertiary/aromatic N) is 1. The zero-order valence-electron chi connectivity index (χ0n) is 7.77. The van der Waals surface area contributed by atoms with E-state index in [1.807, 2.05) is 0 Å². The molecule has 15 heavy (non-hydrogen) atoms. The van der Waals surface area contributed by atoms with E-state index in [1.54, 1.807) is 12.1 Å². The summed E-state index contributed by atoms with van der Waals surface area (Å²) in [4.78, 5) is 31.3. The van der Waals surface area contributed by atoms with E-state index in [4.69, 9.17) is 19.2 Å². The summed E-state index contributed by atoms with van der Waals surface area (Å²) < 4.78 is 10.1. The maximum absolute atomic E-state index is 10.1. The van der Waals surface area contributed by atoms with Crippen LogP contribution >= 0.6 is 7.82 Å². The second-order valence-electron chi connectivity index (χ2n) is 2.61. The van der Waals surface area contributed by atoms with Crippen LogP contribution in [0, 0.1) is 10.1 Å². The van der Waals surface area contributed by atoms with Gasteiger partial charge >= 0.3 is 83.6 Å². The van der Waals surface area contributed by atoms with Crippen LogP contribution < -0.4 is 2.81 Å². The molecule has 0 aromatic heterocycles. The van der Waals surface area contributed by atoms with Crippen molar-refractivity contribution < 1.29 is 24.2 Å². The van der Waals surface area contributed by atoms with Gasteiger partial charge < -0.3 is 14.7 Å². The minimum absolute atomic E-state index is 0.166. The predicted molar refractivity (Wildman–Crippen MR) is 52.7 cm³/mol. The molecule has 0 heterocycles. The molecule has 0 amide bonds. The topological polar surface area (TPSA) is 121 Å². The molecule has 0 unspecified atom stereocenters. The van der Waals surface area contributed by atoms with E-state index in [0.29, 0.717) is 0 Å². The summed E-state index contributed by atoms with van der Waals surface area (Å²) in [6.07, 6.45) is 0. The number of hydrogen-bond acceptors (Lipinski definition) is 3. The van der Waals surface area contributed by atoms with E-state index in [0.717, 1.165) is 27.9 Å². The van der Waals surface area contributed by atoms with Gasteiger partial charge in [-0.15, -0.1) is 0 Å². The number of benzene rings is 1. The van der Waals surface area contributed by atoms with Crippen LogP contribution in [0.25, 0.3) is 0 Å². The molecule has 0 saturated heterocycles. The van der Waals surface area contributed by atoms with Crippen molar-refractivity contribution in [2.45, 2.75) is 0 Å². The van der Waals surface area contributed by atoms with Crippen molar-refractivity contribution in [1.82, 2.24) is 0 Å². The molecule has 3 N–H and O–H groups in total. The van der Waals surface area contributed by atoms with Gasteiger partial charge in [-0.1, -0.05) is 0 Å². The van der Waals surface area contributed by atoms with Crippen LogP contribution in [0.15, 0.2) is 24.3 Å². The second kappa shape index (κ2) is 6.34. The standard InChI is InChI=1S/C6H4NO2.Na.H3O4P/c8-7(9)6-4-2-1-3-5-6;;1-5(2,3)4/h2-5H;;(H3,1,2,3,4). The van der Waals surface area contributed by atoms with Crippen molar-refractivity contribution in [3.05, 3.63) is 34.4 Å². The van der Waals surface area contributed by atoms with E-state index >= 15 is 0 Å². The summed E-state index contributed by atoms with van der Waals surface area (Å²) in [7, 11) is -4.64. The van der Waals surface area contributed by atoms with Gasteiger partial charge in [0.25, 0.3) is 0 Å². The predicted octanol–water partition coefficient (Wildman–Crippen LogP) is -0.540. The third-order valence-electron chi connectivity index (χ3n) is 1.24. The molecule has 0 bridgehead atoms. The van der Waals surface area contributed by atoms with E-state index in [2.05, 4.69) is 0 Å². The zero-order valence-corrected chi connectivity index (χ0v) is 10.7. The molecule has 1 aromatic carbocycles. The monoisotopic (exact) mass is 243 g/mol. The molecular formula is C6H7NNaO6P. The van der Waals surface area contributed by atoms with Crippen molar-refractivity contribution in [1.29, 1.82) is 0 Å². The molecule has 78 valence electrons. The first-order valence-corrected chi connectivity index (χ1v) is 6.26. The van der Waals surface area contributed by atoms with Gasteiger partial charge in [0.2, 0.25) is 0 Å². The van der Waals surface area contributed by atoms with Crippen molar-refractivity contribution in [2.24, 2.45) is 0 Å². The van der Waals surface area contributed by atoms with Gasteiger partial charge in [-0.05, 0) is 0 Å². The van der Waals surface area contributed by atoms with Crippen LogP contribution in [-0.4, -0.2) is 47.5 Å². The fourth-order valence-electron chi connectivity index (χ4n) is 0.666.